The monoisotopic (exact) mass is 275 g/mol. The molecule has 0 saturated carbocycles. The first kappa shape index (κ1) is 13.3. The maximum absolute atomic E-state index is 12.3. The molecule has 1 aromatic heterocycles. The number of amides is 1. The van der Waals surface area contributed by atoms with Crippen molar-refractivity contribution in [3.63, 3.8) is 0 Å². The van der Waals surface area contributed by atoms with Gasteiger partial charge in [-0.25, -0.2) is 10.8 Å². The Balaban J connectivity index is 1.66. The van der Waals surface area contributed by atoms with Crippen LogP contribution in [0.1, 0.15) is 36.2 Å². The van der Waals surface area contributed by atoms with Crippen molar-refractivity contribution in [3.05, 3.63) is 23.9 Å². The van der Waals surface area contributed by atoms with Crippen LogP contribution in [0.2, 0.25) is 0 Å². The Labute approximate surface area is 118 Å². The number of rotatable bonds is 3. The highest BCUT2D eigenvalue weighted by atomic mass is 16.2. The lowest BCUT2D eigenvalue weighted by molar-refractivity contribution is 0.0910. The Morgan fingerprint density at radius 1 is 1.30 bits per heavy atom. The van der Waals surface area contributed by atoms with E-state index in [-0.39, 0.29) is 11.9 Å². The number of carbonyl (C=O) groups excluding carboxylic acids is 1. The van der Waals surface area contributed by atoms with Gasteiger partial charge in [0, 0.05) is 18.6 Å². The van der Waals surface area contributed by atoms with E-state index in [9.17, 15) is 4.79 Å². The van der Waals surface area contributed by atoms with Gasteiger partial charge in [0.15, 0.2) is 0 Å². The van der Waals surface area contributed by atoms with Crippen LogP contribution < -0.4 is 16.6 Å². The summed E-state index contributed by atoms with van der Waals surface area (Å²) in [5.74, 6) is 5.71. The van der Waals surface area contributed by atoms with Crippen LogP contribution in [0.15, 0.2) is 18.2 Å². The van der Waals surface area contributed by atoms with E-state index in [0.717, 1.165) is 13.0 Å². The fraction of sp³-hybridized carbons (Fsp3) is 0.571. The number of hydrogen-bond donors (Lipinski definition) is 3. The minimum Gasteiger partial charge on any atom is -0.346 e. The standard InChI is InChI=1S/C14H21N5O/c15-18-13-6-3-4-11(16-13)14(20)17-10-7-9-19-8-2-1-5-12(10)19/h3-4,6,10,12H,1-2,5,7-9,15H2,(H,16,18)(H,17,20). The molecule has 0 bridgehead atoms. The first-order chi connectivity index (χ1) is 9.78. The van der Waals surface area contributed by atoms with Gasteiger partial charge in [-0.05, 0) is 37.9 Å². The molecule has 3 rings (SSSR count). The molecule has 1 aromatic rings. The number of nitrogens with two attached hydrogens (primary N) is 1. The van der Waals surface area contributed by atoms with Crippen molar-refractivity contribution in [1.82, 2.24) is 15.2 Å². The van der Waals surface area contributed by atoms with E-state index in [1.165, 1.54) is 25.8 Å². The quantitative estimate of drug-likeness (QED) is 0.559. The minimum absolute atomic E-state index is 0.112. The highest BCUT2D eigenvalue weighted by molar-refractivity contribution is 5.92. The van der Waals surface area contributed by atoms with Crippen LogP contribution in [0.25, 0.3) is 0 Å². The van der Waals surface area contributed by atoms with Gasteiger partial charge in [-0.2, -0.15) is 0 Å². The lowest BCUT2D eigenvalue weighted by atomic mass is 9.99. The molecule has 0 spiro atoms. The van der Waals surface area contributed by atoms with Gasteiger partial charge in [0.1, 0.15) is 11.5 Å². The van der Waals surface area contributed by atoms with E-state index in [2.05, 4.69) is 20.6 Å². The third kappa shape index (κ3) is 2.62. The fourth-order valence-corrected chi connectivity index (χ4v) is 3.30. The van der Waals surface area contributed by atoms with Crippen LogP contribution in [0.4, 0.5) is 5.82 Å². The largest absolute Gasteiger partial charge is 0.346 e. The molecule has 6 heteroatoms. The second-order valence-corrected chi connectivity index (χ2v) is 5.52. The molecule has 2 saturated heterocycles. The van der Waals surface area contributed by atoms with Gasteiger partial charge >= 0.3 is 0 Å². The van der Waals surface area contributed by atoms with Gasteiger partial charge in [0.05, 0.1) is 0 Å². The molecule has 2 fully saturated rings. The highest BCUT2D eigenvalue weighted by Crippen LogP contribution is 2.27. The molecule has 2 aliphatic heterocycles. The molecule has 0 aromatic carbocycles. The summed E-state index contributed by atoms with van der Waals surface area (Å²) in [4.78, 5) is 19.0. The maximum atomic E-state index is 12.3. The second-order valence-electron chi connectivity index (χ2n) is 5.52. The third-order valence-corrected chi connectivity index (χ3v) is 4.30. The molecule has 20 heavy (non-hydrogen) atoms. The van der Waals surface area contributed by atoms with Crippen molar-refractivity contribution in [2.45, 2.75) is 37.8 Å². The van der Waals surface area contributed by atoms with Crippen LogP contribution in [-0.4, -0.2) is 41.0 Å². The summed E-state index contributed by atoms with van der Waals surface area (Å²) in [7, 11) is 0. The number of nitrogens with zero attached hydrogens (tertiary/aromatic N) is 2. The van der Waals surface area contributed by atoms with Crippen LogP contribution in [-0.2, 0) is 0 Å². The number of aromatic nitrogens is 1. The Kier molecular flexibility index (Phi) is 3.84. The van der Waals surface area contributed by atoms with E-state index in [1.807, 2.05) is 0 Å². The number of nitrogen functional groups attached to an aromatic ring is 1. The SMILES string of the molecule is NNc1cccc(C(=O)NC2CCN3CCCCC23)n1. The van der Waals surface area contributed by atoms with Crippen molar-refractivity contribution in [1.29, 1.82) is 0 Å². The van der Waals surface area contributed by atoms with Gasteiger partial charge in [-0.3, -0.25) is 9.69 Å². The first-order valence-electron chi connectivity index (χ1n) is 7.26. The van der Waals surface area contributed by atoms with E-state index in [1.54, 1.807) is 18.2 Å². The number of piperidine rings is 1. The predicted molar refractivity (Wildman–Crippen MR) is 77.1 cm³/mol. The third-order valence-electron chi connectivity index (χ3n) is 4.30. The van der Waals surface area contributed by atoms with Gasteiger partial charge in [0.2, 0.25) is 0 Å². The molecular weight excluding hydrogens is 254 g/mol. The molecule has 2 aliphatic rings. The van der Waals surface area contributed by atoms with Crippen LogP contribution in [0, 0.1) is 0 Å². The summed E-state index contributed by atoms with van der Waals surface area (Å²) < 4.78 is 0. The molecule has 1 amide bonds. The highest BCUT2D eigenvalue weighted by Gasteiger charge is 2.36. The molecule has 6 nitrogen and oxygen atoms in total. The zero-order chi connectivity index (χ0) is 13.9. The lowest BCUT2D eigenvalue weighted by Crippen LogP contribution is -2.46. The van der Waals surface area contributed by atoms with E-state index >= 15 is 0 Å². The topological polar surface area (TPSA) is 83.3 Å². The van der Waals surface area contributed by atoms with Crippen molar-refractivity contribution in [3.8, 4) is 0 Å². The maximum Gasteiger partial charge on any atom is 0.270 e. The normalized spacial score (nSPS) is 26.1. The number of carbonyl (C=O) groups is 1. The number of fused-ring (bicyclic) bond motifs is 1. The number of hydrogen-bond acceptors (Lipinski definition) is 5. The average molecular weight is 275 g/mol. The lowest BCUT2D eigenvalue weighted by Gasteiger charge is -2.32. The summed E-state index contributed by atoms with van der Waals surface area (Å²) in [6.07, 6.45) is 4.76. The Morgan fingerprint density at radius 3 is 3.05 bits per heavy atom. The molecule has 2 unspecified atom stereocenters. The molecule has 3 heterocycles. The summed E-state index contributed by atoms with van der Waals surface area (Å²) in [6.45, 7) is 2.26. The summed E-state index contributed by atoms with van der Waals surface area (Å²) in [6, 6.07) is 5.97. The van der Waals surface area contributed by atoms with Crippen molar-refractivity contribution < 1.29 is 4.79 Å². The molecule has 0 radical (unpaired) electrons. The zero-order valence-electron chi connectivity index (χ0n) is 11.5. The van der Waals surface area contributed by atoms with Crippen molar-refractivity contribution in [2.24, 2.45) is 5.84 Å². The summed E-state index contributed by atoms with van der Waals surface area (Å²) in [5, 5.41) is 3.13. The number of nitrogens with one attached hydrogen (secondary N) is 2. The molecule has 0 aliphatic carbocycles. The van der Waals surface area contributed by atoms with Gasteiger partial charge < -0.3 is 10.7 Å². The smallest absolute Gasteiger partial charge is 0.270 e. The average Bonchev–Trinajstić information content (AvgIpc) is 2.90. The van der Waals surface area contributed by atoms with E-state index < -0.39 is 0 Å². The molecule has 4 N–H and O–H groups in total. The Morgan fingerprint density at radius 2 is 2.20 bits per heavy atom. The van der Waals surface area contributed by atoms with Crippen molar-refractivity contribution in [2.75, 3.05) is 18.5 Å². The van der Waals surface area contributed by atoms with E-state index in [4.69, 9.17) is 5.84 Å². The van der Waals surface area contributed by atoms with Crippen LogP contribution in [0.3, 0.4) is 0 Å². The molecular formula is C14H21N5O. The molecule has 108 valence electrons. The minimum atomic E-state index is -0.112. The second kappa shape index (κ2) is 5.76. The Bertz CT molecular complexity index is 492. The number of pyridine rings is 1. The summed E-state index contributed by atoms with van der Waals surface area (Å²) >= 11 is 0. The number of anilines is 1. The van der Waals surface area contributed by atoms with Crippen LogP contribution >= 0.6 is 0 Å². The number of hydrazine groups is 1. The van der Waals surface area contributed by atoms with Crippen LogP contribution in [0.5, 0.6) is 0 Å². The predicted octanol–water partition coefficient (Wildman–Crippen LogP) is 0.724. The van der Waals surface area contributed by atoms with Crippen molar-refractivity contribution >= 4 is 11.7 Å². The fourth-order valence-electron chi connectivity index (χ4n) is 3.30. The zero-order valence-corrected chi connectivity index (χ0v) is 11.5. The van der Waals surface area contributed by atoms with Gasteiger partial charge in [0.25, 0.3) is 5.91 Å². The van der Waals surface area contributed by atoms with Gasteiger partial charge in [-0.15, -0.1) is 0 Å². The molecule has 2 atom stereocenters. The summed E-state index contributed by atoms with van der Waals surface area (Å²) in [5.41, 5.74) is 2.87. The first-order valence-corrected chi connectivity index (χ1v) is 7.26. The van der Waals surface area contributed by atoms with Gasteiger partial charge in [-0.1, -0.05) is 12.5 Å². The van der Waals surface area contributed by atoms with E-state index in [0.29, 0.717) is 17.6 Å². The Hall–Kier alpha value is -1.66.